The number of anilines is 1. The van der Waals surface area contributed by atoms with Crippen LogP contribution in [0.1, 0.15) is 25.5 Å². The molecule has 1 aromatic heterocycles. The number of nitriles is 1. The molecule has 2 aromatic rings. The number of nitrogens with zero attached hydrogens (tertiary/aromatic N) is 3. The van der Waals surface area contributed by atoms with Crippen molar-refractivity contribution in [1.29, 1.82) is 5.26 Å². The molecule has 1 aromatic carbocycles. The van der Waals surface area contributed by atoms with E-state index in [1.807, 2.05) is 24.3 Å². The number of fused-ring (bicyclic) bond motifs is 1. The van der Waals surface area contributed by atoms with E-state index in [0.717, 1.165) is 22.5 Å². The molecular weight excluding hydrogens is 224 g/mol. The van der Waals surface area contributed by atoms with Crippen LogP contribution in [0.3, 0.4) is 0 Å². The fourth-order valence-electron chi connectivity index (χ4n) is 2.22. The minimum atomic E-state index is 0.376. The van der Waals surface area contributed by atoms with Gasteiger partial charge < -0.3 is 5.32 Å². The van der Waals surface area contributed by atoms with Crippen molar-refractivity contribution in [2.75, 3.05) is 5.32 Å². The Morgan fingerprint density at radius 3 is 2.83 bits per heavy atom. The number of hydrogen-bond acceptors (Lipinski definition) is 4. The van der Waals surface area contributed by atoms with Crippen molar-refractivity contribution < 1.29 is 0 Å². The normalized spacial score (nSPS) is 16.2. The maximum absolute atomic E-state index is 9.15. The van der Waals surface area contributed by atoms with Crippen LogP contribution in [0.2, 0.25) is 0 Å². The van der Waals surface area contributed by atoms with Crippen LogP contribution in [0.15, 0.2) is 24.3 Å². The Hall–Kier alpha value is -2.15. The van der Waals surface area contributed by atoms with Gasteiger partial charge in [0.2, 0.25) is 0 Å². The summed E-state index contributed by atoms with van der Waals surface area (Å²) in [6, 6.07) is 10.3. The van der Waals surface area contributed by atoms with Crippen LogP contribution in [0.5, 0.6) is 0 Å². The SMILES string of the molecule is CC(Nc1c(C#N)nnc2ccccc12)C1CC1. The van der Waals surface area contributed by atoms with E-state index in [9.17, 15) is 0 Å². The second kappa shape index (κ2) is 4.26. The molecule has 1 aliphatic rings. The fourth-order valence-corrected chi connectivity index (χ4v) is 2.22. The largest absolute Gasteiger partial charge is 0.379 e. The van der Waals surface area contributed by atoms with E-state index in [4.69, 9.17) is 5.26 Å². The Kier molecular flexibility index (Phi) is 2.60. The molecule has 4 nitrogen and oxygen atoms in total. The Morgan fingerprint density at radius 2 is 2.11 bits per heavy atom. The van der Waals surface area contributed by atoms with Gasteiger partial charge in [-0.1, -0.05) is 18.2 Å². The summed E-state index contributed by atoms with van der Waals surface area (Å²) < 4.78 is 0. The van der Waals surface area contributed by atoms with Crippen LogP contribution in [0.25, 0.3) is 10.9 Å². The Bertz CT molecular complexity index is 625. The molecule has 3 rings (SSSR count). The van der Waals surface area contributed by atoms with E-state index < -0.39 is 0 Å². The van der Waals surface area contributed by atoms with E-state index >= 15 is 0 Å². The van der Waals surface area contributed by atoms with E-state index in [1.54, 1.807) is 0 Å². The first-order valence-electron chi connectivity index (χ1n) is 6.21. The van der Waals surface area contributed by atoms with Crippen LogP contribution in [0.4, 0.5) is 5.69 Å². The zero-order chi connectivity index (χ0) is 12.5. The summed E-state index contributed by atoms with van der Waals surface area (Å²) in [5.41, 5.74) is 2.02. The monoisotopic (exact) mass is 238 g/mol. The quantitative estimate of drug-likeness (QED) is 0.893. The average Bonchev–Trinajstić information content (AvgIpc) is 3.23. The molecule has 18 heavy (non-hydrogen) atoms. The van der Waals surface area contributed by atoms with Gasteiger partial charge >= 0.3 is 0 Å². The zero-order valence-electron chi connectivity index (χ0n) is 10.2. The van der Waals surface area contributed by atoms with Crippen molar-refractivity contribution in [3.05, 3.63) is 30.0 Å². The zero-order valence-corrected chi connectivity index (χ0v) is 10.2. The predicted octanol–water partition coefficient (Wildman–Crippen LogP) is 2.71. The number of nitrogens with one attached hydrogen (secondary N) is 1. The lowest BCUT2D eigenvalue weighted by Gasteiger charge is -2.16. The Balaban J connectivity index is 2.08. The van der Waals surface area contributed by atoms with Crippen molar-refractivity contribution >= 4 is 16.6 Å². The molecule has 4 heteroatoms. The summed E-state index contributed by atoms with van der Waals surface area (Å²) >= 11 is 0. The summed E-state index contributed by atoms with van der Waals surface area (Å²) in [4.78, 5) is 0. The van der Waals surface area contributed by atoms with Gasteiger partial charge in [-0.25, -0.2) is 0 Å². The maximum Gasteiger partial charge on any atom is 0.186 e. The smallest absolute Gasteiger partial charge is 0.186 e. The van der Waals surface area contributed by atoms with Crippen LogP contribution in [-0.2, 0) is 0 Å². The molecule has 90 valence electrons. The average molecular weight is 238 g/mol. The molecule has 1 unspecified atom stereocenters. The van der Waals surface area contributed by atoms with Crippen molar-refractivity contribution in [2.45, 2.75) is 25.8 Å². The molecule has 0 spiro atoms. The summed E-state index contributed by atoms with van der Waals surface area (Å²) in [7, 11) is 0. The highest BCUT2D eigenvalue weighted by Crippen LogP contribution is 2.35. The van der Waals surface area contributed by atoms with Gasteiger partial charge in [0, 0.05) is 11.4 Å². The highest BCUT2D eigenvalue weighted by atomic mass is 15.1. The van der Waals surface area contributed by atoms with Gasteiger partial charge in [0.25, 0.3) is 0 Å². The van der Waals surface area contributed by atoms with Gasteiger partial charge in [0.1, 0.15) is 6.07 Å². The molecule has 1 aliphatic carbocycles. The number of rotatable bonds is 3. The molecule has 1 saturated carbocycles. The topological polar surface area (TPSA) is 61.6 Å². The summed E-state index contributed by atoms with van der Waals surface area (Å²) in [5, 5.41) is 21.6. The second-order valence-corrected chi connectivity index (χ2v) is 4.82. The third-order valence-electron chi connectivity index (χ3n) is 3.47. The molecule has 1 heterocycles. The van der Waals surface area contributed by atoms with Gasteiger partial charge in [-0.15, -0.1) is 10.2 Å². The van der Waals surface area contributed by atoms with Gasteiger partial charge in [0.15, 0.2) is 5.69 Å². The molecular formula is C14H14N4. The molecule has 0 bridgehead atoms. The van der Waals surface area contributed by atoms with Crippen molar-refractivity contribution in [3.8, 4) is 6.07 Å². The highest BCUT2D eigenvalue weighted by Gasteiger charge is 2.28. The van der Waals surface area contributed by atoms with E-state index in [0.29, 0.717) is 11.7 Å². The first kappa shape index (κ1) is 11.0. The molecule has 0 aliphatic heterocycles. The minimum absolute atomic E-state index is 0.376. The van der Waals surface area contributed by atoms with Crippen molar-refractivity contribution in [3.63, 3.8) is 0 Å². The number of aromatic nitrogens is 2. The molecule has 0 radical (unpaired) electrons. The van der Waals surface area contributed by atoms with Crippen molar-refractivity contribution in [1.82, 2.24) is 10.2 Å². The van der Waals surface area contributed by atoms with Crippen molar-refractivity contribution in [2.24, 2.45) is 5.92 Å². The highest BCUT2D eigenvalue weighted by molar-refractivity contribution is 5.92. The number of benzene rings is 1. The van der Waals surface area contributed by atoms with E-state index in [1.165, 1.54) is 12.8 Å². The van der Waals surface area contributed by atoms with Crippen LogP contribution < -0.4 is 5.32 Å². The summed E-state index contributed by atoms with van der Waals surface area (Å²) in [6.07, 6.45) is 2.54. The third-order valence-corrected chi connectivity index (χ3v) is 3.47. The molecule has 1 N–H and O–H groups in total. The minimum Gasteiger partial charge on any atom is -0.379 e. The fraction of sp³-hybridized carbons (Fsp3) is 0.357. The van der Waals surface area contributed by atoms with Gasteiger partial charge in [-0.05, 0) is 31.7 Å². The second-order valence-electron chi connectivity index (χ2n) is 4.82. The summed E-state index contributed by atoms with van der Waals surface area (Å²) in [5.74, 6) is 0.725. The lowest BCUT2D eigenvalue weighted by Crippen LogP contribution is -2.18. The maximum atomic E-state index is 9.15. The Morgan fingerprint density at radius 1 is 1.33 bits per heavy atom. The Labute approximate surface area is 106 Å². The standard InChI is InChI=1S/C14H14N4/c1-9(10-6-7-10)16-14-11-4-2-3-5-12(11)17-18-13(14)8-15/h2-5,9-10H,6-7H2,1H3,(H,16,17). The predicted molar refractivity (Wildman–Crippen MR) is 70.1 cm³/mol. The molecule has 0 amide bonds. The van der Waals surface area contributed by atoms with Gasteiger partial charge in [-0.2, -0.15) is 5.26 Å². The van der Waals surface area contributed by atoms with E-state index in [2.05, 4.69) is 28.5 Å². The van der Waals surface area contributed by atoms with Crippen LogP contribution in [0, 0.1) is 17.2 Å². The van der Waals surface area contributed by atoms with Gasteiger partial charge in [-0.3, -0.25) is 0 Å². The lowest BCUT2D eigenvalue weighted by atomic mass is 10.1. The summed E-state index contributed by atoms with van der Waals surface area (Å²) in [6.45, 7) is 2.16. The molecule has 1 fully saturated rings. The number of hydrogen-bond donors (Lipinski definition) is 1. The molecule has 0 saturated heterocycles. The first-order chi connectivity index (χ1) is 8.79. The van der Waals surface area contributed by atoms with Gasteiger partial charge in [0.05, 0.1) is 11.2 Å². The van der Waals surface area contributed by atoms with Crippen LogP contribution in [-0.4, -0.2) is 16.2 Å². The van der Waals surface area contributed by atoms with Crippen LogP contribution >= 0.6 is 0 Å². The first-order valence-corrected chi connectivity index (χ1v) is 6.21. The third kappa shape index (κ3) is 1.88. The molecule has 1 atom stereocenters. The van der Waals surface area contributed by atoms with E-state index in [-0.39, 0.29) is 0 Å². The lowest BCUT2D eigenvalue weighted by molar-refractivity contribution is 0.694.